The lowest BCUT2D eigenvalue weighted by Crippen LogP contribution is -2.30. The van der Waals surface area contributed by atoms with Crippen molar-refractivity contribution in [1.29, 1.82) is 0 Å². The van der Waals surface area contributed by atoms with Gasteiger partial charge in [0.05, 0.1) is 41.7 Å². The van der Waals surface area contributed by atoms with Crippen LogP contribution in [0.4, 0.5) is 5.69 Å². The third-order valence-corrected chi connectivity index (χ3v) is 6.33. The Morgan fingerprint density at radius 2 is 1.88 bits per heavy atom. The van der Waals surface area contributed by atoms with E-state index in [9.17, 15) is 19.7 Å². The van der Waals surface area contributed by atoms with Crippen LogP contribution in [0.3, 0.4) is 0 Å². The highest BCUT2D eigenvalue weighted by Gasteiger charge is 2.39. The molecule has 1 aromatic heterocycles. The van der Waals surface area contributed by atoms with E-state index in [-0.39, 0.29) is 29.3 Å². The summed E-state index contributed by atoms with van der Waals surface area (Å²) in [5.74, 6) is -1.52. The minimum absolute atomic E-state index is 0.0583. The summed E-state index contributed by atoms with van der Waals surface area (Å²) in [4.78, 5) is 35.1. The molecule has 1 saturated heterocycles. The molecule has 1 aliphatic heterocycles. The zero-order chi connectivity index (χ0) is 24.1. The normalized spacial score (nSPS) is 14.6. The van der Waals surface area contributed by atoms with Gasteiger partial charge in [-0.15, -0.1) is 0 Å². The van der Waals surface area contributed by atoms with Crippen molar-refractivity contribution in [2.45, 2.75) is 17.7 Å². The summed E-state index contributed by atoms with van der Waals surface area (Å²) in [6, 6.07) is 15.1. The SMILES string of the molecule is CCOC(=O)c1nn(-c2ccc([N+](=O)[O-])cc2)c(SCC2(c3ccccc3)OCCO2)c1C=O. The highest BCUT2D eigenvalue weighted by atomic mass is 32.2. The first-order valence-corrected chi connectivity index (χ1v) is 11.4. The molecule has 0 radical (unpaired) electrons. The number of aldehydes is 1. The van der Waals surface area contributed by atoms with Gasteiger partial charge < -0.3 is 14.2 Å². The minimum atomic E-state index is -1.04. The van der Waals surface area contributed by atoms with Gasteiger partial charge in [-0.2, -0.15) is 5.10 Å². The average molecular weight is 484 g/mol. The molecule has 3 aromatic rings. The van der Waals surface area contributed by atoms with Crippen LogP contribution in [-0.4, -0.2) is 52.5 Å². The molecule has 0 N–H and O–H groups in total. The monoisotopic (exact) mass is 483 g/mol. The lowest BCUT2D eigenvalue weighted by Gasteiger charge is -2.27. The summed E-state index contributed by atoms with van der Waals surface area (Å²) in [6.45, 7) is 2.58. The van der Waals surface area contributed by atoms with Gasteiger partial charge in [-0.1, -0.05) is 42.1 Å². The predicted octanol–water partition coefficient (Wildman–Crippen LogP) is 3.76. The Kier molecular flexibility index (Phi) is 7.06. The second kappa shape index (κ2) is 10.2. The number of hydrogen-bond acceptors (Lipinski definition) is 9. The number of esters is 1. The van der Waals surface area contributed by atoms with Crippen molar-refractivity contribution < 1.29 is 28.7 Å². The van der Waals surface area contributed by atoms with E-state index in [1.54, 1.807) is 6.92 Å². The van der Waals surface area contributed by atoms with Gasteiger partial charge in [0, 0.05) is 17.7 Å². The van der Waals surface area contributed by atoms with Gasteiger partial charge in [-0.25, -0.2) is 9.48 Å². The fourth-order valence-electron chi connectivity index (χ4n) is 3.54. The molecule has 0 aliphatic carbocycles. The number of benzene rings is 2. The lowest BCUT2D eigenvalue weighted by molar-refractivity contribution is -0.384. The number of carbonyl (C=O) groups is 2. The number of ether oxygens (including phenoxy) is 3. The number of hydrogen-bond donors (Lipinski definition) is 0. The summed E-state index contributed by atoms with van der Waals surface area (Å²) in [5.41, 5.74) is 1.08. The van der Waals surface area contributed by atoms with Gasteiger partial charge in [0.2, 0.25) is 5.79 Å². The number of carbonyl (C=O) groups excluding carboxylic acids is 2. The Morgan fingerprint density at radius 1 is 1.21 bits per heavy atom. The van der Waals surface area contributed by atoms with Crippen molar-refractivity contribution in [3.63, 3.8) is 0 Å². The van der Waals surface area contributed by atoms with Gasteiger partial charge in [-0.3, -0.25) is 14.9 Å². The molecule has 0 amide bonds. The average Bonchev–Trinajstić information content (AvgIpc) is 3.49. The summed E-state index contributed by atoms with van der Waals surface area (Å²) in [7, 11) is 0. The van der Waals surface area contributed by atoms with Crippen LogP contribution in [0.5, 0.6) is 0 Å². The van der Waals surface area contributed by atoms with Crippen LogP contribution in [-0.2, 0) is 20.0 Å². The largest absolute Gasteiger partial charge is 0.461 e. The zero-order valence-electron chi connectivity index (χ0n) is 18.2. The fraction of sp³-hybridized carbons (Fsp3) is 0.261. The van der Waals surface area contributed by atoms with Gasteiger partial charge in [0.15, 0.2) is 12.0 Å². The number of nitrogens with zero attached hydrogens (tertiary/aromatic N) is 3. The first kappa shape index (κ1) is 23.6. The first-order chi connectivity index (χ1) is 16.5. The van der Waals surface area contributed by atoms with E-state index in [2.05, 4.69) is 5.10 Å². The molecule has 10 nitrogen and oxygen atoms in total. The standard InChI is InChI=1S/C23H21N3O7S/c1-2-31-22(28)20-19(14-27)21(25(24-20)17-8-10-18(11-9-17)26(29)30)34-15-23(32-12-13-33-23)16-6-4-3-5-7-16/h3-11,14H,2,12-13,15H2,1H3. The number of rotatable bonds is 9. The zero-order valence-corrected chi connectivity index (χ0v) is 19.0. The van der Waals surface area contributed by atoms with Crippen LogP contribution in [0.25, 0.3) is 5.69 Å². The van der Waals surface area contributed by atoms with Gasteiger partial charge >= 0.3 is 5.97 Å². The van der Waals surface area contributed by atoms with Gasteiger partial charge in [0.1, 0.15) is 5.03 Å². The molecule has 1 aliphatic rings. The number of aromatic nitrogens is 2. The molecule has 34 heavy (non-hydrogen) atoms. The molecule has 1 fully saturated rings. The third-order valence-electron chi connectivity index (χ3n) is 5.14. The molecule has 0 unspecified atom stereocenters. The van der Waals surface area contributed by atoms with Crippen LogP contribution in [0, 0.1) is 10.1 Å². The topological polar surface area (TPSA) is 123 Å². The molecule has 0 spiro atoms. The van der Waals surface area contributed by atoms with Crippen LogP contribution < -0.4 is 0 Å². The second-order valence-corrected chi connectivity index (χ2v) is 8.16. The van der Waals surface area contributed by atoms with Crippen molar-refractivity contribution in [3.05, 3.63) is 81.5 Å². The molecule has 0 bridgehead atoms. The van der Waals surface area contributed by atoms with Crippen molar-refractivity contribution >= 4 is 29.7 Å². The van der Waals surface area contributed by atoms with Crippen molar-refractivity contribution in [3.8, 4) is 5.69 Å². The van der Waals surface area contributed by atoms with Crippen molar-refractivity contribution in [2.75, 3.05) is 25.6 Å². The first-order valence-electron chi connectivity index (χ1n) is 10.5. The Hall–Kier alpha value is -3.54. The molecule has 4 rings (SSSR count). The van der Waals surface area contributed by atoms with Crippen LogP contribution in [0.2, 0.25) is 0 Å². The number of non-ortho nitro benzene ring substituents is 1. The molecule has 176 valence electrons. The highest BCUT2D eigenvalue weighted by Crippen LogP contribution is 2.39. The number of nitro groups is 1. The van der Waals surface area contributed by atoms with Crippen LogP contribution in [0.1, 0.15) is 33.3 Å². The van der Waals surface area contributed by atoms with E-state index < -0.39 is 16.7 Å². The number of thioether (sulfide) groups is 1. The minimum Gasteiger partial charge on any atom is -0.461 e. The Balaban J connectivity index is 1.76. The van der Waals surface area contributed by atoms with E-state index in [0.717, 1.165) is 5.56 Å². The van der Waals surface area contributed by atoms with E-state index in [0.29, 0.717) is 30.2 Å². The van der Waals surface area contributed by atoms with E-state index in [1.165, 1.54) is 40.7 Å². The summed E-state index contributed by atoms with van der Waals surface area (Å²) >= 11 is 1.23. The second-order valence-electron chi connectivity index (χ2n) is 7.20. The Morgan fingerprint density at radius 3 is 2.47 bits per heavy atom. The molecular formula is C23H21N3O7S. The quantitative estimate of drug-likeness (QED) is 0.147. The molecule has 11 heteroatoms. The fourth-order valence-corrected chi connectivity index (χ4v) is 4.77. The lowest BCUT2D eigenvalue weighted by atomic mass is 10.1. The molecule has 0 atom stereocenters. The Bertz CT molecular complexity index is 1190. The van der Waals surface area contributed by atoms with Crippen LogP contribution in [0.15, 0.2) is 59.6 Å². The Labute approximate surface area is 199 Å². The van der Waals surface area contributed by atoms with Crippen molar-refractivity contribution in [1.82, 2.24) is 9.78 Å². The van der Waals surface area contributed by atoms with E-state index >= 15 is 0 Å². The van der Waals surface area contributed by atoms with Crippen molar-refractivity contribution in [2.24, 2.45) is 0 Å². The summed E-state index contributed by atoms with van der Waals surface area (Å²) in [5, 5.41) is 15.7. The number of nitro benzene ring substituents is 1. The predicted molar refractivity (Wildman–Crippen MR) is 122 cm³/mol. The van der Waals surface area contributed by atoms with E-state index in [4.69, 9.17) is 14.2 Å². The highest BCUT2D eigenvalue weighted by molar-refractivity contribution is 7.99. The van der Waals surface area contributed by atoms with Gasteiger partial charge in [0.25, 0.3) is 5.69 Å². The maximum Gasteiger partial charge on any atom is 0.359 e. The van der Waals surface area contributed by atoms with E-state index in [1.807, 2.05) is 30.3 Å². The molecule has 0 saturated carbocycles. The smallest absolute Gasteiger partial charge is 0.359 e. The van der Waals surface area contributed by atoms with Gasteiger partial charge in [-0.05, 0) is 19.1 Å². The maximum atomic E-state index is 12.5. The maximum absolute atomic E-state index is 12.5. The van der Waals surface area contributed by atoms with Crippen LogP contribution >= 0.6 is 11.8 Å². The molecular weight excluding hydrogens is 462 g/mol. The molecule has 2 heterocycles. The third kappa shape index (κ3) is 4.58. The summed E-state index contributed by atoms with van der Waals surface area (Å²) in [6.07, 6.45) is 0.551. The summed E-state index contributed by atoms with van der Waals surface area (Å²) < 4.78 is 18.4. The molecule has 2 aromatic carbocycles.